The summed E-state index contributed by atoms with van der Waals surface area (Å²) in [7, 11) is 1.52. The van der Waals surface area contributed by atoms with Crippen LogP contribution in [0, 0.1) is 5.92 Å². The Morgan fingerprint density at radius 1 is 1.36 bits per heavy atom. The van der Waals surface area contributed by atoms with Crippen LogP contribution in [0.2, 0.25) is 0 Å². The third kappa shape index (κ3) is 2.77. The molecule has 0 spiro atoms. The van der Waals surface area contributed by atoms with Crippen molar-refractivity contribution in [1.29, 1.82) is 0 Å². The van der Waals surface area contributed by atoms with Crippen LogP contribution in [0.25, 0.3) is 0 Å². The molecule has 0 aromatic heterocycles. The molecule has 5 nitrogen and oxygen atoms in total. The van der Waals surface area contributed by atoms with Crippen LogP contribution < -0.4 is 4.74 Å². The predicted octanol–water partition coefficient (Wildman–Crippen LogP) is 2.62. The van der Waals surface area contributed by atoms with Crippen molar-refractivity contribution in [2.45, 2.75) is 50.7 Å². The van der Waals surface area contributed by atoms with Crippen molar-refractivity contribution in [3.63, 3.8) is 0 Å². The Kier molecular flexibility index (Phi) is 4.25. The Bertz CT molecular complexity index is 560. The number of phenolic OH excluding ortho intramolecular Hbond substituents is 1. The normalized spacial score (nSPS) is 28.3. The number of ether oxygens (including phenoxy) is 1. The monoisotopic (exact) mass is 305 g/mol. The van der Waals surface area contributed by atoms with Crippen LogP contribution in [0.15, 0.2) is 18.2 Å². The van der Waals surface area contributed by atoms with Crippen molar-refractivity contribution < 1.29 is 19.7 Å². The van der Waals surface area contributed by atoms with Crippen LogP contribution in [-0.2, 0) is 11.3 Å². The zero-order valence-electron chi connectivity index (χ0n) is 12.9. The first-order chi connectivity index (χ1) is 10.6. The summed E-state index contributed by atoms with van der Waals surface area (Å²) in [5, 5.41) is 19.4. The number of hydrogen-bond donors (Lipinski definition) is 2. The number of carbonyl (C=O) groups is 1. The molecule has 0 radical (unpaired) electrons. The van der Waals surface area contributed by atoms with Gasteiger partial charge in [0.1, 0.15) is 6.04 Å². The number of methoxy groups -OCH3 is 1. The maximum Gasteiger partial charge on any atom is 0.320 e. The first kappa shape index (κ1) is 15.2. The van der Waals surface area contributed by atoms with Gasteiger partial charge in [-0.1, -0.05) is 18.9 Å². The molecule has 2 aliphatic rings. The van der Waals surface area contributed by atoms with Gasteiger partial charge in [0, 0.05) is 12.6 Å². The Morgan fingerprint density at radius 3 is 2.82 bits per heavy atom. The Labute approximate surface area is 130 Å². The summed E-state index contributed by atoms with van der Waals surface area (Å²) >= 11 is 0. The molecule has 2 fully saturated rings. The highest BCUT2D eigenvalue weighted by Gasteiger charge is 2.44. The molecule has 0 bridgehead atoms. The Morgan fingerprint density at radius 2 is 2.14 bits per heavy atom. The predicted molar refractivity (Wildman–Crippen MR) is 82.0 cm³/mol. The maximum atomic E-state index is 11.6. The molecule has 1 aliphatic heterocycles. The van der Waals surface area contributed by atoms with E-state index < -0.39 is 12.0 Å². The standard InChI is InChI=1S/C17H23NO4/c1-22-16-7-6-11(8-15(16)19)10-18-13-5-3-2-4-12(13)9-14(18)17(20)21/h6-8,12-14,19H,2-5,9-10H2,1H3,(H,20,21). The second kappa shape index (κ2) is 6.16. The van der Waals surface area contributed by atoms with E-state index in [4.69, 9.17) is 4.74 Å². The Hall–Kier alpha value is -1.75. The van der Waals surface area contributed by atoms with Gasteiger partial charge in [0.25, 0.3) is 0 Å². The molecular weight excluding hydrogens is 282 g/mol. The van der Waals surface area contributed by atoms with Gasteiger partial charge in [-0.3, -0.25) is 9.69 Å². The van der Waals surface area contributed by atoms with E-state index in [0.29, 0.717) is 24.3 Å². The van der Waals surface area contributed by atoms with Gasteiger partial charge in [0.2, 0.25) is 0 Å². The number of benzene rings is 1. The van der Waals surface area contributed by atoms with Crippen molar-refractivity contribution >= 4 is 5.97 Å². The number of fused-ring (bicyclic) bond motifs is 1. The first-order valence-corrected chi connectivity index (χ1v) is 7.94. The van der Waals surface area contributed by atoms with E-state index >= 15 is 0 Å². The van der Waals surface area contributed by atoms with E-state index in [2.05, 4.69) is 4.90 Å². The number of phenols is 1. The summed E-state index contributed by atoms with van der Waals surface area (Å²) in [5.74, 6) is 0.315. The Balaban J connectivity index is 1.81. The molecule has 2 N–H and O–H groups in total. The number of rotatable bonds is 4. The summed E-state index contributed by atoms with van der Waals surface area (Å²) in [6.45, 7) is 0.565. The molecule has 1 saturated heterocycles. The van der Waals surface area contributed by atoms with Gasteiger partial charge < -0.3 is 14.9 Å². The SMILES string of the molecule is COc1ccc(CN2C(C(=O)O)CC3CCCCC32)cc1O. The third-order valence-electron chi connectivity index (χ3n) is 5.11. The second-order valence-corrected chi connectivity index (χ2v) is 6.38. The zero-order valence-corrected chi connectivity index (χ0v) is 12.9. The second-order valence-electron chi connectivity index (χ2n) is 6.38. The molecule has 22 heavy (non-hydrogen) atoms. The van der Waals surface area contributed by atoms with Crippen LogP contribution in [0.3, 0.4) is 0 Å². The van der Waals surface area contributed by atoms with E-state index in [9.17, 15) is 15.0 Å². The molecule has 120 valence electrons. The number of carboxylic acid groups (broad SMARTS) is 1. The lowest BCUT2D eigenvalue weighted by molar-refractivity contribution is -0.142. The highest BCUT2D eigenvalue weighted by atomic mass is 16.5. The van der Waals surface area contributed by atoms with Gasteiger partial charge in [0.05, 0.1) is 7.11 Å². The number of hydrogen-bond acceptors (Lipinski definition) is 4. The minimum atomic E-state index is -0.730. The van der Waals surface area contributed by atoms with Gasteiger partial charge >= 0.3 is 5.97 Å². The molecule has 0 amide bonds. The lowest BCUT2D eigenvalue weighted by Gasteiger charge is -2.33. The summed E-state index contributed by atoms with van der Waals surface area (Å²) in [6.07, 6.45) is 5.36. The number of likely N-dealkylation sites (tertiary alicyclic amines) is 1. The van der Waals surface area contributed by atoms with Crippen LogP contribution in [0.5, 0.6) is 11.5 Å². The van der Waals surface area contributed by atoms with Crippen molar-refractivity contribution in [2.75, 3.05) is 7.11 Å². The fraction of sp³-hybridized carbons (Fsp3) is 0.588. The molecular formula is C17H23NO4. The lowest BCUT2D eigenvalue weighted by atomic mass is 9.84. The fourth-order valence-electron chi connectivity index (χ4n) is 4.07. The van der Waals surface area contributed by atoms with Gasteiger partial charge in [-0.2, -0.15) is 0 Å². The molecule has 1 saturated carbocycles. The minimum absolute atomic E-state index is 0.103. The number of aromatic hydroxyl groups is 1. The van der Waals surface area contributed by atoms with Gasteiger partial charge in [-0.25, -0.2) is 0 Å². The van der Waals surface area contributed by atoms with Crippen molar-refractivity contribution in [1.82, 2.24) is 4.90 Å². The summed E-state index contributed by atoms with van der Waals surface area (Å²) in [5.41, 5.74) is 0.927. The molecule has 1 aromatic carbocycles. The number of carboxylic acids is 1. The number of nitrogens with zero attached hydrogens (tertiary/aromatic N) is 1. The molecule has 1 heterocycles. The molecule has 3 unspecified atom stereocenters. The quantitative estimate of drug-likeness (QED) is 0.895. The molecule has 3 atom stereocenters. The topological polar surface area (TPSA) is 70.0 Å². The van der Waals surface area contributed by atoms with E-state index in [1.165, 1.54) is 20.0 Å². The van der Waals surface area contributed by atoms with E-state index in [1.807, 2.05) is 6.07 Å². The largest absolute Gasteiger partial charge is 0.504 e. The van der Waals surface area contributed by atoms with E-state index in [-0.39, 0.29) is 5.75 Å². The average Bonchev–Trinajstić information content (AvgIpc) is 2.87. The summed E-state index contributed by atoms with van der Waals surface area (Å²) in [4.78, 5) is 13.7. The maximum absolute atomic E-state index is 11.6. The van der Waals surface area contributed by atoms with Gasteiger partial charge in [-0.05, 0) is 42.9 Å². The summed E-state index contributed by atoms with van der Waals surface area (Å²) in [6, 6.07) is 5.26. The van der Waals surface area contributed by atoms with E-state index in [1.54, 1.807) is 12.1 Å². The third-order valence-corrected chi connectivity index (χ3v) is 5.11. The number of aliphatic carboxylic acids is 1. The highest BCUT2D eigenvalue weighted by molar-refractivity contribution is 5.74. The molecule has 3 rings (SSSR count). The van der Waals surface area contributed by atoms with Crippen LogP contribution in [0.1, 0.15) is 37.7 Å². The fourth-order valence-corrected chi connectivity index (χ4v) is 4.07. The molecule has 1 aliphatic carbocycles. The smallest absolute Gasteiger partial charge is 0.320 e. The minimum Gasteiger partial charge on any atom is -0.504 e. The first-order valence-electron chi connectivity index (χ1n) is 7.94. The lowest BCUT2D eigenvalue weighted by Crippen LogP contribution is -2.41. The van der Waals surface area contributed by atoms with Crippen LogP contribution >= 0.6 is 0 Å². The van der Waals surface area contributed by atoms with Gasteiger partial charge in [-0.15, -0.1) is 0 Å². The molecule has 5 heteroatoms. The van der Waals surface area contributed by atoms with Crippen molar-refractivity contribution in [3.8, 4) is 11.5 Å². The summed E-state index contributed by atoms with van der Waals surface area (Å²) < 4.78 is 5.06. The van der Waals surface area contributed by atoms with E-state index in [0.717, 1.165) is 24.8 Å². The molecule has 1 aromatic rings. The van der Waals surface area contributed by atoms with Crippen LogP contribution in [-0.4, -0.2) is 40.3 Å². The highest BCUT2D eigenvalue weighted by Crippen LogP contribution is 2.41. The average molecular weight is 305 g/mol. The van der Waals surface area contributed by atoms with Crippen molar-refractivity contribution in [2.24, 2.45) is 5.92 Å². The van der Waals surface area contributed by atoms with Gasteiger partial charge in [0.15, 0.2) is 11.5 Å². The zero-order chi connectivity index (χ0) is 15.7. The van der Waals surface area contributed by atoms with Crippen LogP contribution in [0.4, 0.5) is 0 Å². The van der Waals surface area contributed by atoms with Crippen molar-refractivity contribution in [3.05, 3.63) is 23.8 Å².